The molecule has 2 heterocycles. The number of benzene rings is 1. The zero-order valence-corrected chi connectivity index (χ0v) is 18.9. The first-order valence-electron chi connectivity index (χ1n) is 7.92. The third-order valence-corrected chi connectivity index (χ3v) is 7.22. The van der Waals surface area contributed by atoms with Gasteiger partial charge in [-0.05, 0) is 61.6 Å². The molecule has 11 heteroatoms. The lowest BCUT2D eigenvalue weighted by Gasteiger charge is -2.16. The van der Waals surface area contributed by atoms with Crippen LogP contribution in [0.2, 0.25) is 0 Å². The maximum atomic E-state index is 13.7. The highest BCUT2D eigenvalue weighted by molar-refractivity contribution is 14.1. The van der Waals surface area contributed by atoms with Gasteiger partial charge in [-0.3, -0.25) is 14.3 Å². The molecule has 1 N–H and O–H groups in total. The normalized spacial score (nSPS) is 12.3. The first-order valence-corrected chi connectivity index (χ1v) is 10.6. The summed E-state index contributed by atoms with van der Waals surface area (Å²) >= 11 is 5.87. The number of thiophene rings is 1. The number of halogens is 6. The van der Waals surface area contributed by atoms with E-state index in [1.807, 2.05) is 36.4 Å². The number of H-pyrrole nitrogens is 1. The van der Waals surface area contributed by atoms with Crippen molar-refractivity contribution in [1.82, 2.24) is 9.55 Å². The molecule has 1 aromatic carbocycles. The van der Waals surface area contributed by atoms with Gasteiger partial charge in [0.1, 0.15) is 10.6 Å². The van der Waals surface area contributed by atoms with Gasteiger partial charge in [-0.1, -0.05) is 19.9 Å². The van der Waals surface area contributed by atoms with Crippen molar-refractivity contribution < 1.29 is 17.6 Å². The molecule has 3 aromatic rings. The van der Waals surface area contributed by atoms with Crippen molar-refractivity contribution in [2.75, 3.05) is 0 Å². The number of alkyl halides is 3. The fourth-order valence-corrected chi connectivity index (χ4v) is 6.30. The van der Waals surface area contributed by atoms with Gasteiger partial charge in [-0.15, -0.1) is 11.3 Å². The van der Waals surface area contributed by atoms with Crippen LogP contribution in [0.25, 0.3) is 10.2 Å². The lowest BCUT2D eigenvalue weighted by Crippen LogP contribution is -2.31. The van der Waals surface area contributed by atoms with Crippen LogP contribution in [0.15, 0.2) is 26.2 Å². The first kappa shape index (κ1) is 21.5. The van der Waals surface area contributed by atoms with E-state index in [2.05, 4.69) is 20.9 Å². The number of aromatic amines is 1. The minimum atomic E-state index is -4.83. The van der Waals surface area contributed by atoms with Crippen LogP contribution < -0.4 is 11.2 Å². The van der Waals surface area contributed by atoms with Gasteiger partial charge in [0.05, 0.1) is 24.9 Å². The number of nitrogens with zero attached hydrogens (tertiary/aromatic N) is 1. The summed E-state index contributed by atoms with van der Waals surface area (Å²) in [6.45, 7) is 3.31. The molecular formula is C17H12BrF4IN2O2S. The van der Waals surface area contributed by atoms with E-state index < -0.39 is 39.8 Å². The molecule has 0 saturated heterocycles. The predicted octanol–water partition coefficient (Wildman–Crippen LogP) is 5.45. The fraction of sp³-hybridized carbons (Fsp3) is 0.294. The van der Waals surface area contributed by atoms with E-state index in [-0.39, 0.29) is 16.3 Å². The van der Waals surface area contributed by atoms with E-state index in [0.29, 0.717) is 5.39 Å². The molecule has 0 amide bonds. The zero-order chi connectivity index (χ0) is 21.0. The molecule has 150 valence electrons. The number of hydrogen-bond donors (Lipinski definition) is 1. The fourth-order valence-electron chi connectivity index (χ4n) is 2.99. The Morgan fingerprint density at radius 1 is 1.29 bits per heavy atom. The number of aromatic nitrogens is 2. The molecule has 0 atom stereocenters. The van der Waals surface area contributed by atoms with Gasteiger partial charge in [-0.2, -0.15) is 13.2 Å². The Morgan fingerprint density at radius 2 is 1.93 bits per heavy atom. The van der Waals surface area contributed by atoms with Crippen molar-refractivity contribution in [2.45, 2.75) is 32.5 Å². The molecule has 4 nitrogen and oxygen atoms in total. The Morgan fingerprint density at radius 3 is 2.50 bits per heavy atom. The van der Waals surface area contributed by atoms with Crippen molar-refractivity contribution in [3.05, 3.63) is 62.8 Å². The Balaban J connectivity index is 2.31. The number of fused-ring (bicyclic) bond motifs is 1. The van der Waals surface area contributed by atoms with Crippen LogP contribution in [0.1, 0.15) is 36.5 Å². The van der Waals surface area contributed by atoms with Crippen LogP contribution in [-0.4, -0.2) is 9.55 Å². The summed E-state index contributed by atoms with van der Waals surface area (Å²) in [4.78, 5) is 27.2. The van der Waals surface area contributed by atoms with E-state index >= 15 is 0 Å². The molecule has 0 radical (unpaired) electrons. The molecule has 3 rings (SSSR count). The lowest BCUT2D eigenvalue weighted by atomic mass is 10.0. The zero-order valence-electron chi connectivity index (χ0n) is 14.4. The molecule has 0 bridgehead atoms. The highest BCUT2D eigenvalue weighted by Gasteiger charge is 2.37. The minimum Gasteiger partial charge on any atom is -0.280 e. The average Bonchev–Trinajstić information content (AvgIpc) is 2.91. The highest BCUT2D eigenvalue weighted by Crippen LogP contribution is 2.40. The maximum absolute atomic E-state index is 13.7. The number of nitrogens with one attached hydrogen (secondary N) is 1. The highest BCUT2D eigenvalue weighted by atomic mass is 127. The summed E-state index contributed by atoms with van der Waals surface area (Å²) in [6.07, 6.45) is -4.83. The largest absolute Gasteiger partial charge is 0.417 e. The van der Waals surface area contributed by atoms with Crippen molar-refractivity contribution >= 4 is 60.1 Å². The quantitative estimate of drug-likeness (QED) is 0.326. The second kappa shape index (κ2) is 7.56. The van der Waals surface area contributed by atoms with Gasteiger partial charge in [0.25, 0.3) is 5.56 Å². The van der Waals surface area contributed by atoms with Crippen molar-refractivity contribution in [3.63, 3.8) is 0 Å². The smallest absolute Gasteiger partial charge is 0.280 e. The third kappa shape index (κ3) is 3.67. The van der Waals surface area contributed by atoms with Crippen LogP contribution >= 0.6 is 49.9 Å². The van der Waals surface area contributed by atoms with Crippen LogP contribution in [0, 0.1) is 8.70 Å². The molecule has 0 spiro atoms. The van der Waals surface area contributed by atoms with Crippen molar-refractivity contribution in [1.29, 1.82) is 0 Å². The van der Waals surface area contributed by atoms with Crippen molar-refractivity contribution in [3.8, 4) is 0 Å². The van der Waals surface area contributed by atoms with Gasteiger partial charge in [0.15, 0.2) is 0 Å². The lowest BCUT2D eigenvalue weighted by molar-refractivity contribution is -0.139. The monoisotopic (exact) mass is 590 g/mol. The second-order valence-electron chi connectivity index (χ2n) is 6.36. The van der Waals surface area contributed by atoms with E-state index in [1.165, 1.54) is 0 Å². The van der Waals surface area contributed by atoms with Crippen LogP contribution in [0.5, 0.6) is 0 Å². The Labute approximate surface area is 181 Å². The standard InChI is InChI=1S/C17H12BrF4IN2O2S/c1-6(2)9-10-14(26)24-16(27)25(15(10)28-13(9)23)5-7-3-4-8(19)12(18)11(7)17(20,21)22/h3-4,6H,5H2,1-2H3,(H,24,26,27). The molecule has 0 unspecified atom stereocenters. The van der Waals surface area contributed by atoms with Gasteiger partial charge in [0, 0.05) is 0 Å². The topological polar surface area (TPSA) is 54.9 Å². The Hall–Kier alpha value is -1.21. The average molecular weight is 591 g/mol. The summed E-state index contributed by atoms with van der Waals surface area (Å²) in [6, 6.07) is 1.90. The molecule has 0 fully saturated rings. The maximum Gasteiger partial charge on any atom is 0.417 e. The van der Waals surface area contributed by atoms with Gasteiger partial charge < -0.3 is 0 Å². The van der Waals surface area contributed by atoms with Crippen LogP contribution in [0.4, 0.5) is 17.6 Å². The molecule has 0 aliphatic carbocycles. The molecule has 2 aromatic heterocycles. The Bertz CT molecular complexity index is 1200. The Kier molecular flexibility index (Phi) is 5.80. The third-order valence-electron chi connectivity index (χ3n) is 4.19. The summed E-state index contributed by atoms with van der Waals surface area (Å²) in [5.74, 6) is -1.07. The summed E-state index contributed by atoms with van der Waals surface area (Å²) in [5, 5.41) is 0.290. The summed E-state index contributed by atoms with van der Waals surface area (Å²) in [5.41, 5.74) is -2.12. The SMILES string of the molecule is CC(C)c1c(I)sc2c1c(=O)[nH]c(=O)n2Cc1ccc(F)c(Br)c1C(F)(F)F. The summed E-state index contributed by atoms with van der Waals surface area (Å²) < 4.78 is 55.4. The van der Waals surface area contributed by atoms with Crippen LogP contribution in [-0.2, 0) is 12.7 Å². The molecular weight excluding hydrogens is 579 g/mol. The van der Waals surface area contributed by atoms with E-state index in [9.17, 15) is 27.2 Å². The molecule has 0 aliphatic heterocycles. The van der Waals surface area contributed by atoms with Gasteiger partial charge in [-0.25, -0.2) is 9.18 Å². The van der Waals surface area contributed by atoms with E-state index in [4.69, 9.17) is 0 Å². The van der Waals surface area contributed by atoms with Crippen LogP contribution in [0.3, 0.4) is 0 Å². The molecule has 28 heavy (non-hydrogen) atoms. The number of rotatable bonds is 3. The van der Waals surface area contributed by atoms with Crippen molar-refractivity contribution in [2.24, 2.45) is 0 Å². The predicted molar refractivity (Wildman–Crippen MR) is 112 cm³/mol. The van der Waals surface area contributed by atoms with Gasteiger partial charge in [0.2, 0.25) is 0 Å². The molecule has 0 aliphatic rings. The molecule has 0 saturated carbocycles. The minimum absolute atomic E-state index is 0.0154. The number of hydrogen-bond acceptors (Lipinski definition) is 3. The van der Waals surface area contributed by atoms with E-state index in [1.54, 1.807) is 0 Å². The van der Waals surface area contributed by atoms with Gasteiger partial charge >= 0.3 is 11.9 Å². The first-order chi connectivity index (χ1) is 12.9. The van der Waals surface area contributed by atoms with E-state index in [0.717, 1.165) is 36.5 Å². The second-order valence-corrected chi connectivity index (χ2v) is 9.97. The summed E-state index contributed by atoms with van der Waals surface area (Å²) in [7, 11) is 0.